The lowest BCUT2D eigenvalue weighted by molar-refractivity contribution is 0.258. The molecule has 0 atom stereocenters. The summed E-state index contributed by atoms with van der Waals surface area (Å²) in [7, 11) is 0. The van der Waals surface area contributed by atoms with Crippen molar-refractivity contribution in [1.82, 2.24) is 10.2 Å². The van der Waals surface area contributed by atoms with Crippen molar-refractivity contribution in [3.8, 4) is 12.3 Å². The first-order valence-corrected chi connectivity index (χ1v) is 7.61. The van der Waals surface area contributed by atoms with Gasteiger partial charge in [-0.15, -0.1) is 6.42 Å². The summed E-state index contributed by atoms with van der Waals surface area (Å²) in [5.74, 6) is 6.28. The van der Waals surface area contributed by atoms with Gasteiger partial charge in [0.2, 0.25) is 0 Å². The number of terminal acetylenes is 1. The summed E-state index contributed by atoms with van der Waals surface area (Å²) in [6, 6.07) is 4.14. The zero-order valence-electron chi connectivity index (χ0n) is 12.7. The van der Waals surface area contributed by atoms with Gasteiger partial charge in [-0.05, 0) is 43.4 Å². The molecular formula is C17H26N2O. The summed E-state index contributed by atoms with van der Waals surface area (Å²) in [5.41, 5.74) is 0. The fourth-order valence-electron chi connectivity index (χ4n) is 2.29. The predicted octanol–water partition coefficient (Wildman–Crippen LogP) is 2.87. The van der Waals surface area contributed by atoms with Crippen LogP contribution in [-0.4, -0.2) is 24.5 Å². The van der Waals surface area contributed by atoms with Crippen LogP contribution >= 0.6 is 0 Å². The first-order valence-electron chi connectivity index (χ1n) is 7.61. The van der Waals surface area contributed by atoms with Crippen LogP contribution in [-0.2, 0) is 13.1 Å². The third-order valence-electron chi connectivity index (χ3n) is 3.48. The smallest absolute Gasteiger partial charge is 0.118 e. The highest BCUT2D eigenvalue weighted by Crippen LogP contribution is 2.30. The van der Waals surface area contributed by atoms with Gasteiger partial charge < -0.3 is 9.73 Å². The Morgan fingerprint density at radius 3 is 2.80 bits per heavy atom. The van der Waals surface area contributed by atoms with Crippen molar-refractivity contribution >= 4 is 0 Å². The SMILES string of the molecule is C#CCN(Cc1ccc(CNCC(C)C)o1)CC1CC1. The summed E-state index contributed by atoms with van der Waals surface area (Å²) in [5, 5.41) is 3.40. The van der Waals surface area contributed by atoms with E-state index in [1.165, 1.54) is 12.8 Å². The topological polar surface area (TPSA) is 28.4 Å². The van der Waals surface area contributed by atoms with Crippen LogP contribution < -0.4 is 5.32 Å². The van der Waals surface area contributed by atoms with Crippen LogP contribution in [0.15, 0.2) is 16.5 Å². The first-order chi connectivity index (χ1) is 9.67. The molecule has 0 aromatic carbocycles. The molecule has 1 aliphatic carbocycles. The summed E-state index contributed by atoms with van der Waals surface area (Å²) < 4.78 is 5.87. The van der Waals surface area contributed by atoms with Gasteiger partial charge >= 0.3 is 0 Å². The molecule has 1 fully saturated rings. The molecule has 0 bridgehead atoms. The standard InChI is InChI=1S/C17H26N2O/c1-4-9-19(12-15-5-6-15)13-17-8-7-16(20-17)11-18-10-14(2)3/h1,7-8,14-15,18H,5-6,9-13H2,2-3H3. The van der Waals surface area contributed by atoms with E-state index < -0.39 is 0 Å². The summed E-state index contributed by atoms with van der Waals surface area (Å²) >= 11 is 0. The van der Waals surface area contributed by atoms with Crippen molar-refractivity contribution in [2.24, 2.45) is 11.8 Å². The van der Waals surface area contributed by atoms with Crippen LogP contribution in [0.5, 0.6) is 0 Å². The number of hydrogen-bond acceptors (Lipinski definition) is 3. The minimum atomic E-state index is 0.661. The van der Waals surface area contributed by atoms with Crippen molar-refractivity contribution < 1.29 is 4.42 Å². The Labute approximate surface area is 122 Å². The van der Waals surface area contributed by atoms with Crippen LogP contribution in [0.25, 0.3) is 0 Å². The Hall–Kier alpha value is -1.24. The lowest BCUT2D eigenvalue weighted by Gasteiger charge is -2.17. The Bertz CT molecular complexity index is 440. The zero-order chi connectivity index (χ0) is 14.4. The van der Waals surface area contributed by atoms with E-state index >= 15 is 0 Å². The Morgan fingerprint density at radius 2 is 2.15 bits per heavy atom. The Morgan fingerprint density at radius 1 is 1.40 bits per heavy atom. The van der Waals surface area contributed by atoms with E-state index in [9.17, 15) is 0 Å². The van der Waals surface area contributed by atoms with E-state index in [-0.39, 0.29) is 0 Å². The molecule has 2 rings (SSSR count). The summed E-state index contributed by atoms with van der Waals surface area (Å²) in [6.07, 6.45) is 8.15. The molecule has 3 heteroatoms. The van der Waals surface area contributed by atoms with Crippen molar-refractivity contribution in [1.29, 1.82) is 0 Å². The van der Waals surface area contributed by atoms with Gasteiger partial charge in [-0.2, -0.15) is 0 Å². The summed E-state index contributed by atoms with van der Waals surface area (Å²) in [6.45, 7) is 8.86. The van der Waals surface area contributed by atoms with E-state index in [0.717, 1.165) is 43.6 Å². The fourth-order valence-corrected chi connectivity index (χ4v) is 2.29. The minimum absolute atomic E-state index is 0.661. The zero-order valence-corrected chi connectivity index (χ0v) is 12.7. The van der Waals surface area contributed by atoms with Crippen molar-refractivity contribution in [3.05, 3.63) is 23.7 Å². The second kappa shape index (κ2) is 7.52. The van der Waals surface area contributed by atoms with Crippen LogP contribution in [0.3, 0.4) is 0 Å². The van der Waals surface area contributed by atoms with E-state index in [1.807, 2.05) is 0 Å². The molecule has 0 radical (unpaired) electrons. The van der Waals surface area contributed by atoms with Gasteiger partial charge in [0.25, 0.3) is 0 Å². The molecular weight excluding hydrogens is 248 g/mol. The van der Waals surface area contributed by atoms with Crippen LogP contribution in [0, 0.1) is 24.2 Å². The molecule has 1 N–H and O–H groups in total. The van der Waals surface area contributed by atoms with Crippen LogP contribution in [0.4, 0.5) is 0 Å². The Kier molecular flexibility index (Phi) is 5.70. The quantitative estimate of drug-likeness (QED) is 0.702. The lowest BCUT2D eigenvalue weighted by atomic mass is 10.2. The number of nitrogens with one attached hydrogen (secondary N) is 1. The number of nitrogens with zero attached hydrogens (tertiary/aromatic N) is 1. The number of hydrogen-bond donors (Lipinski definition) is 1. The minimum Gasteiger partial charge on any atom is -0.463 e. The molecule has 20 heavy (non-hydrogen) atoms. The van der Waals surface area contributed by atoms with Gasteiger partial charge in [-0.25, -0.2) is 0 Å². The second-order valence-corrected chi connectivity index (χ2v) is 6.21. The molecule has 1 aromatic rings. The van der Waals surface area contributed by atoms with Crippen molar-refractivity contribution in [2.45, 2.75) is 39.8 Å². The maximum absolute atomic E-state index is 5.87. The van der Waals surface area contributed by atoms with Crippen molar-refractivity contribution in [3.63, 3.8) is 0 Å². The van der Waals surface area contributed by atoms with Crippen LogP contribution in [0.2, 0.25) is 0 Å². The highest BCUT2D eigenvalue weighted by molar-refractivity contribution is 5.07. The summed E-state index contributed by atoms with van der Waals surface area (Å²) in [4.78, 5) is 2.31. The average Bonchev–Trinajstić information content (AvgIpc) is 3.09. The monoisotopic (exact) mass is 274 g/mol. The van der Waals surface area contributed by atoms with Gasteiger partial charge in [0, 0.05) is 6.54 Å². The normalized spacial score (nSPS) is 14.9. The lowest BCUT2D eigenvalue weighted by Crippen LogP contribution is -2.25. The van der Waals surface area contributed by atoms with Gasteiger partial charge in [-0.1, -0.05) is 19.8 Å². The highest BCUT2D eigenvalue weighted by Gasteiger charge is 2.24. The largest absolute Gasteiger partial charge is 0.463 e. The molecule has 1 aliphatic rings. The third kappa shape index (κ3) is 5.40. The first kappa shape index (κ1) is 15.2. The number of rotatable bonds is 9. The van der Waals surface area contributed by atoms with E-state index in [1.54, 1.807) is 0 Å². The fraction of sp³-hybridized carbons (Fsp3) is 0.647. The maximum atomic E-state index is 5.87. The second-order valence-electron chi connectivity index (χ2n) is 6.21. The van der Waals surface area contributed by atoms with Gasteiger partial charge in [0.15, 0.2) is 0 Å². The van der Waals surface area contributed by atoms with E-state index in [0.29, 0.717) is 12.5 Å². The predicted molar refractivity (Wildman–Crippen MR) is 82.1 cm³/mol. The number of furan rings is 1. The molecule has 0 aliphatic heterocycles. The Balaban J connectivity index is 1.79. The third-order valence-corrected chi connectivity index (χ3v) is 3.48. The average molecular weight is 274 g/mol. The molecule has 0 unspecified atom stereocenters. The van der Waals surface area contributed by atoms with Crippen LogP contribution in [0.1, 0.15) is 38.2 Å². The van der Waals surface area contributed by atoms with Gasteiger partial charge in [0.05, 0.1) is 19.6 Å². The molecule has 1 saturated carbocycles. The molecule has 0 spiro atoms. The molecule has 1 aromatic heterocycles. The van der Waals surface area contributed by atoms with E-state index in [2.05, 4.69) is 42.1 Å². The van der Waals surface area contributed by atoms with E-state index in [4.69, 9.17) is 10.8 Å². The molecule has 3 nitrogen and oxygen atoms in total. The van der Waals surface area contributed by atoms with Crippen molar-refractivity contribution in [2.75, 3.05) is 19.6 Å². The molecule has 110 valence electrons. The maximum Gasteiger partial charge on any atom is 0.118 e. The highest BCUT2D eigenvalue weighted by atomic mass is 16.3. The molecule has 1 heterocycles. The van der Waals surface area contributed by atoms with Gasteiger partial charge in [0.1, 0.15) is 11.5 Å². The molecule has 0 saturated heterocycles. The molecule has 0 amide bonds. The van der Waals surface area contributed by atoms with Gasteiger partial charge in [-0.3, -0.25) is 4.90 Å².